The molecule has 6 saturated heterocycles. The minimum Gasteiger partial charge on any atom is -0.394 e. The quantitative estimate of drug-likeness (QED) is 0.101. The van der Waals surface area contributed by atoms with Crippen LogP contribution >= 0.6 is 0 Å². The molecule has 32 atom stereocenters. The highest BCUT2D eigenvalue weighted by Gasteiger charge is 2.69. The van der Waals surface area contributed by atoms with E-state index in [4.69, 9.17) is 47.4 Å². The minimum absolute atomic E-state index is 0.106. The van der Waals surface area contributed by atoms with E-state index in [-0.39, 0.29) is 23.0 Å². The molecule has 0 unspecified atom stereocenters. The number of hydrogen-bond acceptors (Lipinski definition) is 22. The maximum absolute atomic E-state index is 11.7. The Kier molecular flexibility index (Phi) is 16.2. The second kappa shape index (κ2) is 21.3. The normalized spacial score (nSPS) is 58.2. The van der Waals surface area contributed by atoms with E-state index >= 15 is 0 Å². The summed E-state index contributed by atoms with van der Waals surface area (Å²) in [7, 11) is 0. The summed E-state index contributed by atoms with van der Waals surface area (Å²) in [4.78, 5) is 0. The predicted molar refractivity (Wildman–Crippen MR) is 247 cm³/mol. The van der Waals surface area contributed by atoms with Crippen LogP contribution in [0.4, 0.5) is 0 Å². The van der Waals surface area contributed by atoms with Crippen LogP contribution in [0.25, 0.3) is 0 Å². The number of ether oxygens (including phenoxy) is 10. The Bertz CT molecular complexity index is 1860. The molecule has 4 aliphatic carbocycles. The van der Waals surface area contributed by atoms with Gasteiger partial charge in [-0.15, -0.1) is 0 Å². The lowest BCUT2D eigenvalue weighted by Crippen LogP contribution is -2.67. The number of aliphatic hydroxyl groups is 12. The van der Waals surface area contributed by atoms with Crippen LogP contribution in [-0.4, -0.2) is 229 Å². The van der Waals surface area contributed by atoms with Gasteiger partial charge in [-0.2, -0.15) is 0 Å². The fraction of sp³-hybridized carbons (Fsp3) is 1.00. The summed E-state index contributed by atoms with van der Waals surface area (Å²) in [5, 5.41) is 129. The minimum atomic E-state index is -2.01. The van der Waals surface area contributed by atoms with Crippen LogP contribution in [-0.2, 0) is 47.4 Å². The second-order valence-corrected chi connectivity index (χ2v) is 24.4. The average Bonchev–Trinajstić information content (AvgIpc) is 3.82. The maximum atomic E-state index is 11.7. The lowest BCUT2D eigenvalue weighted by atomic mass is 9.44. The molecule has 10 aliphatic rings. The summed E-state index contributed by atoms with van der Waals surface area (Å²) in [6, 6.07) is 0. The highest BCUT2D eigenvalue weighted by Crippen LogP contribution is 2.71. The van der Waals surface area contributed by atoms with E-state index in [0.717, 1.165) is 51.6 Å². The van der Waals surface area contributed by atoms with Crippen LogP contribution in [0.2, 0.25) is 0 Å². The van der Waals surface area contributed by atoms with E-state index in [1.165, 1.54) is 19.8 Å². The Hall–Kier alpha value is -0.880. The number of fused-ring (bicyclic) bond motifs is 7. The van der Waals surface area contributed by atoms with E-state index < -0.39 is 148 Å². The number of aliphatic hydroxyl groups excluding tert-OH is 12. The Labute approximate surface area is 426 Å². The van der Waals surface area contributed by atoms with Crippen molar-refractivity contribution in [1.82, 2.24) is 0 Å². The fourth-order valence-electron chi connectivity index (χ4n) is 16.0. The zero-order valence-electron chi connectivity index (χ0n) is 42.6. The smallest absolute Gasteiger partial charge is 0.187 e. The van der Waals surface area contributed by atoms with Crippen molar-refractivity contribution in [3.63, 3.8) is 0 Å². The Balaban J connectivity index is 0.777. The summed E-state index contributed by atoms with van der Waals surface area (Å²) in [5.41, 5.74) is 0.315. The molecule has 0 radical (unpaired) electrons. The summed E-state index contributed by atoms with van der Waals surface area (Å²) in [6.45, 7) is 9.65. The first-order valence-corrected chi connectivity index (χ1v) is 27.2. The van der Waals surface area contributed by atoms with E-state index in [2.05, 4.69) is 27.7 Å². The van der Waals surface area contributed by atoms with Gasteiger partial charge >= 0.3 is 0 Å². The number of rotatable bonds is 11. The summed E-state index contributed by atoms with van der Waals surface area (Å²) < 4.78 is 60.9. The fourth-order valence-corrected chi connectivity index (χ4v) is 16.0. The molecule has 0 aromatic heterocycles. The van der Waals surface area contributed by atoms with Crippen molar-refractivity contribution in [3.8, 4) is 0 Å². The van der Waals surface area contributed by atoms with Gasteiger partial charge in [0.1, 0.15) is 91.6 Å². The van der Waals surface area contributed by atoms with Gasteiger partial charge < -0.3 is 109 Å². The van der Waals surface area contributed by atoms with Gasteiger partial charge in [0.15, 0.2) is 30.9 Å². The predicted octanol–water partition coefficient (Wildman–Crippen LogP) is -1.88. The molecule has 6 heterocycles. The van der Waals surface area contributed by atoms with Gasteiger partial charge in [-0.25, -0.2) is 0 Å². The summed E-state index contributed by atoms with van der Waals surface area (Å²) in [6.07, 6.45) is -23.0. The third kappa shape index (κ3) is 9.60. The van der Waals surface area contributed by atoms with Crippen molar-refractivity contribution in [2.45, 2.75) is 240 Å². The zero-order valence-corrected chi connectivity index (χ0v) is 42.6. The molecule has 73 heavy (non-hydrogen) atoms. The third-order valence-electron chi connectivity index (χ3n) is 20.3. The van der Waals surface area contributed by atoms with Crippen LogP contribution in [0.15, 0.2) is 0 Å². The molecule has 12 N–H and O–H groups in total. The molecule has 0 aromatic rings. The molecule has 6 aliphatic heterocycles. The molecule has 10 fully saturated rings. The van der Waals surface area contributed by atoms with Gasteiger partial charge in [0, 0.05) is 12.3 Å². The molecular formula is C51H84O22. The van der Waals surface area contributed by atoms with Gasteiger partial charge in [0.2, 0.25) is 0 Å². The van der Waals surface area contributed by atoms with Crippen LogP contribution in [0.5, 0.6) is 0 Å². The SMILES string of the molecule is C[C@H]1CC[C@@]2(OC1)O[C@H]1C[C@H]3[C@@H]4CC[C@@H]5C[C@@H](O[C@@H]6O[C@H](CO)[C@@H](O[C@@H]7O[C@H](CO[C@@H]8O[C@H](C)[C@@H](O)[C@H](O)[C@H]8O)[C@@H](O[C@@H]8O[C@H](CO)[C@H](O)[C@H](O)[C@H]8O)[C@H](O)[C@H]7O)[C@H](O)[C@H]6O)CC[C@]5(C)[C@H]4CC[C@]3(C)[C@H]1[C@@H]2C. The Morgan fingerprint density at radius 1 is 0.521 bits per heavy atom. The summed E-state index contributed by atoms with van der Waals surface area (Å²) in [5.74, 6) is 3.13. The van der Waals surface area contributed by atoms with Crippen LogP contribution < -0.4 is 0 Å². The highest BCUT2D eigenvalue weighted by atomic mass is 16.8. The molecular weight excluding hydrogens is 965 g/mol. The second-order valence-electron chi connectivity index (χ2n) is 24.4. The topological polar surface area (TPSA) is 335 Å². The van der Waals surface area contributed by atoms with E-state index in [1.54, 1.807) is 0 Å². The first kappa shape index (κ1) is 55.4. The summed E-state index contributed by atoms with van der Waals surface area (Å²) >= 11 is 0. The Morgan fingerprint density at radius 3 is 1.77 bits per heavy atom. The van der Waals surface area contributed by atoms with E-state index in [9.17, 15) is 61.3 Å². The van der Waals surface area contributed by atoms with Crippen molar-refractivity contribution in [2.24, 2.45) is 52.3 Å². The molecule has 4 saturated carbocycles. The lowest BCUT2D eigenvalue weighted by Gasteiger charge is -2.61. The molecule has 22 nitrogen and oxygen atoms in total. The lowest BCUT2D eigenvalue weighted by molar-refractivity contribution is -0.386. The van der Waals surface area contributed by atoms with Crippen molar-refractivity contribution < 1.29 is 109 Å². The van der Waals surface area contributed by atoms with E-state index in [1.807, 2.05) is 0 Å². The Morgan fingerprint density at radius 2 is 1.11 bits per heavy atom. The zero-order chi connectivity index (χ0) is 52.2. The largest absolute Gasteiger partial charge is 0.394 e. The average molecular weight is 1050 g/mol. The van der Waals surface area contributed by atoms with Gasteiger partial charge in [-0.1, -0.05) is 27.7 Å². The van der Waals surface area contributed by atoms with Crippen LogP contribution in [0.3, 0.4) is 0 Å². The molecule has 0 bridgehead atoms. The van der Waals surface area contributed by atoms with Crippen LogP contribution in [0.1, 0.15) is 98.8 Å². The van der Waals surface area contributed by atoms with E-state index in [0.29, 0.717) is 47.8 Å². The van der Waals surface area contributed by atoms with Crippen molar-refractivity contribution in [3.05, 3.63) is 0 Å². The molecule has 0 aromatic carbocycles. The maximum Gasteiger partial charge on any atom is 0.187 e. The molecule has 10 rings (SSSR count). The molecule has 420 valence electrons. The standard InChI is InChI=1S/C51H84O22/c1-20-8-13-51(65-18-20)21(2)32-28(73-51)15-27-25-7-6-23-14-24(9-11-49(23,4)26(25)10-12-50(27,32)5)67-46-41(62)37(58)43(30(17-53)69-46)71-48-42(63)38(59)44(72-47-40(61)36(57)34(55)29(16-52)68-47)31(70-48)19-64-45-39(60)35(56)33(54)22(3)66-45/h20-48,52-63H,6-19H2,1-5H3/t20-,21-,22+,23+,24-,25+,26-,27-,28-,29+,30+,31+,32-,33+,34-,35-,36-,37+,38+,39+,40+,41+,42+,43+,44+,45+,46+,47-,48-,49-,50-,51+/m0/s1. The van der Waals surface area contributed by atoms with Gasteiger partial charge in [0.25, 0.3) is 0 Å². The molecule has 22 heteroatoms. The number of hydrogen-bond donors (Lipinski definition) is 12. The molecule has 1 spiro atoms. The van der Waals surface area contributed by atoms with Crippen molar-refractivity contribution in [1.29, 1.82) is 0 Å². The van der Waals surface area contributed by atoms with Gasteiger partial charge in [0.05, 0.1) is 44.7 Å². The molecule has 0 amide bonds. The van der Waals surface area contributed by atoms with Gasteiger partial charge in [-0.3, -0.25) is 0 Å². The first-order chi connectivity index (χ1) is 34.6. The highest BCUT2D eigenvalue weighted by molar-refractivity contribution is 5.15. The van der Waals surface area contributed by atoms with Crippen LogP contribution in [0, 0.1) is 52.3 Å². The van der Waals surface area contributed by atoms with Gasteiger partial charge in [-0.05, 0) is 111 Å². The van der Waals surface area contributed by atoms with Crippen molar-refractivity contribution >= 4 is 0 Å². The monoisotopic (exact) mass is 1050 g/mol. The third-order valence-corrected chi connectivity index (χ3v) is 20.3. The van der Waals surface area contributed by atoms with Crippen molar-refractivity contribution in [2.75, 3.05) is 26.4 Å². The first-order valence-electron chi connectivity index (χ1n) is 27.2.